The molecular formula is C20H22N2O4S. The summed E-state index contributed by atoms with van der Waals surface area (Å²) in [6, 6.07) is 15.5. The summed E-state index contributed by atoms with van der Waals surface area (Å²) in [7, 11) is -3.67. The first-order valence-corrected chi connectivity index (χ1v) is 10.4. The van der Waals surface area contributed by atoms with Gasteiger partial charge in [-0.25, -0.2) is 13.1 Å². The molecule has 1 heterocycles. The van der Waals surface area contributed by atoms with Crippen LogP contribution in [-0.4, -0.2) is 26.3 Å². The van der Waals surface area contributed by atoms with E-state index in [2.05, 4.69) is 4.72 Å². The SMILES string of the molecule is CC(CCc1ccccc1)NS(=O)(=O)c1ccc(N2C(=O)CCC2=O)cc1. The number of aryl methyl sites for hydroxylation is 1. The molecule has 2 aromatic carbocycles. The van der Waals surface area contributed by atoms with Crippen LogP contribution in [0, 0.1) is 0 Å². The van der Waals surface area contributed by atoms with Crippen molar-refractivity contribution in [2.24, 2.45) is 0 Å². The third kappa shape index (κ3) is 4.61. The second kappa shape index (κ2) is 8.02. The van der Waals surface area contributed by atoms with Crippen LogP contribution in [0.3, 0.4) is 0 Å². The van der Waals surface area contributed by atoms with E-state index in [1.165, 1.54) is 24.3 Å². The van der Waals surface area contributed by atoms with Gasteiger partial charge in [0.1, 0.15) is 0 Å². The number of hydrogen-bond acceptors (Lipinski definition) is 4. The first-order valence-electron chi connectivity index (χ1n) is 8.89. The molecule has 0 aliphatic carbocycles. The molecule has 27 heavy (non-hydrogen) atoms. The maximum atomic E-state index is 12.6. The van der Waals surface area contributed by atoms with Gasteiger partial charge < -0.3 is 0 Å². The van der Waals surface area contributed by atoms with Crippen molar-refractivity contribution in [2.45, 2.75) is 43.5 Å². The molecule has 0 aromatic heterocycles. The summed E-state index contributed by atoms with van der Waals surface area (Å²) in [6.45, 7) is 1.83. The second-order valence-electron chi connectivity index (χ2n) is 6.66. The van der Waals surface area contributed by atoms with E-state index in [9.17, 15) is 18.0 Å². The van der Waals surface area contributed by atoms with Crippen LogP contribution in [0.5, 0.6) is 0 Å². The van der Waals surface area contributed by atoms with Crippen molar-refractivity contribution in [3.8, 4) is 0 Å². The average Bonchev–Trinajstić information content (AvgIpc) is 2.99. The molecule has 6 nitrogen and oxygen atoms in total. The second-order valence-corrected chi connectivity index (χ2v) is 8.38. The Kier molecular flexibility index (Phi) is 5.72. The Morgan fingerprint density at radius 1 is 0.963 bits per heavy atom. The van der Waals surface area contributed by atoms with Gasteiger partial charge in [0.05, 0.1) is 10.6 Å². The quantitative estimate of drug-likeness (QED) is 0.742. The summed E-state index contributed by atoms with van der Waals surface area (Å²) in [5, 5.41) is 0. The van der Waals surface area contributed by atoms with Crippen molar-refractivity contribution in [1.29, 1.82) is 0 Å². The first-order chi connectivity index (χ1) is 12.9. The fourth-order valence-electron chi connectivity index (χ4n) is 3.06. The number of amides is 2. The topological polar surface area (TPSA) is 83.6 Å². The molecule has 1 unspecified atom stereocenters. The zero-order valence-electron chi connectivity index (χ0n) is 15.1. The molecule has 0 spiro atoms. The third-order valence-corrected chi connectivity index (χ3v) is 6.13. The van der Waals surface area contributed by atoms with Gasteiger partial charge in [-0.15, -0.1) is 0 Å². The van der Waals surface area contributed by atoms with Crippen molar-refractivity contribution >= 4 is 27.5 Å². The van der Waals surface area contributed by atoms with Crippen LogP contribution in [0.4, 0.5) is 5.69 Å². The van der Waals surface area contributed by atoms with E-state index in [1.807, 2.05) is 37.3 Å². The Labute approximate surface area is 159 Å². The highest BCUT2D eigenvalue weighted by Gasteiger charge is 2.30. The van der Waals surface area contributed by atoms with E-state index in [-0.39, 0.29) is 35.6 Å². The van der Waals surface area contributed by atoms with E-state index < -0.39 is 10.0 Å². The summed E-state index contributed by atoms with van der Waals surface area (Å²) < 4.78 is 27.8. The highest BCUT2D eigenvalue weighted by atomic mass is 32.2. The molecule has 1 N–H and O–H groups in total. The van der Waals surface area contributed by atoms with Crippen LogP contribution >= 0.6 is 0 Å². The van der Waals surface area contributed by atoms with Gasteiger partial charge in [0, 0.05) is 18.9 Å². The number of benzene rings is 2. The van der Waals surface area contributed by atoms with Crippen LogP contribution in [-0.2, 0) is 26.0 Å². The van der Waals surface area contributed by atoms with E-state index in [1.54, 1.807) is 0 Å². The number of carbonyl (C=O) groups excluding carboxylic acids is 2. The number of carbonyl (C=O) groups is 2. The predicted molar refractivity (Wildman–Crippen MR) is 103 cm³/mol. The molecule has 1 atom stereocenters. The number of imide groups is 1. The lowest BCUT2D eigenvalue weighted by Gasteiger charge is -2.16. The normalized spacial score (nSPS) is 16.0. The maximum absolute atomic E-state index is 12.6. The van der Waals surface area contributed by atoms with Crippen molar-refractivity contribution in [1.82, 2.24) is 4.72 Å². The molecule has 1 aliphatic heterocycles. The molecule has 0 bridgehead atoms. The molecule has 1 aliphatic rings. The minimum atomic E-state index is -3.67. The Morgan fingerprint density at radius 2 is 1.56 bits per heavy atom. The predicted octanol–water partition coefficient (Wildman–Crippen LogP) is 2.64. The molecule has 2 aromatic rings. The minimum absolute atomic E-state index is 0.108. The number of sulfonamides is 1. The Hall–Kier alpha value is -2.51. The van der Waals surface area contributed by atoms with E-state index in [0.717, 1.165) is 16.9 Å². The van der Waals surface area contributed by atoms with Crippen LogP contribution < -0.4 is 9.62 Å². The average molecular weight is 386 g/mol. The van der Waals surface area contributed by atoms with Gasteiger partial charge in [-0.05, 0) is 49.6 Å². The van der Waals surface area contributed by atoms with Crippen molar-refractivity contribution in [2.75, 3.05) is 4.90 Å². The van der Waals surface area contributed by atoms with Crippen molar-refractivity contribution in [3.05, 3.63) is 60.2 Å². The van der Waals surface area contributed by atoms with Crippen LogP contribution in [0.15, 0.2) is 59.5 Å². The van der Waals surface area contributed by atoms with Crippen molar-refractivity contribution < 1.29 is 18.0 Å². The van der Waals surface area contributed by atoms with Crippen molar-refractivity contribution in [3.63, 3.8) is 0 Å². The molecule has 0 radical (unpaired) electrons. The molecular weight excluding hydrogens is 364 g/mol. The van der Waals surface area contributed by atoms with Crippen LogP contribution in [0.1, 0.15) is 31.7 Å². The molecule has 2 amide bonds. The molecule has 0 saturated carbocycles. The van der Waals surface area contributed by atoms with Gasteiger partial charge in [0.15, 0.2) is 0 Å². The van der Waals surface area contributed by atoms with Gasteiger partial charge in [-0.3, -0.25) is 14.5 Å². The van der Waals surface area contributed by atoms with Gasteiger partial charge in [-0.1, -0.05) is 30.3 Å². The molecule has 1 saturated heterocycles. The standard InChI is InChI=1S/C20H22N2O4S/c1-15(7-8-16-5-3-2-4-6-16)21-27(25,26)18-11-9-17(10-12-18)22-19(23)13-14-20(22)24/h2-6,9-12,15,21H,7-8,13-14H2,1H3. The largest absolute Gasteiger partial charge is 0.274 e. The van der Waals surface area contributed by atoms with Gasteiger partial charge in [0.25, 0.3) is 0 Å². The lowest BCUT2D eigenvalue weighted by atomic mass is 10.1. The summed E-state index contributed by atoms with van der Waals surface area (Å²) in [5.74, 6) is -0.522. The number of rotatable bonds is 7. The lowest BCUT2D eigenvalue weighted by Crippen LogP contribution is -2.33. The monoisotopic (exact) mass is 386 g/mol. The smallest absolute Gasteiger partial charge is 0.240 e. The van der Waals surface area contributed by atoms with E-state index in [0.29, 0.717) is 12.1 Å². The fraction of sp³-hybridized carbons (Fsp3) is 0.300. The molecule has 7 heteroatoms. The van der Waals surface area contributed by atoms with E-state index >= 15 is 0 Å². The summed E-state index contributed by atoms with van der Waals surface area (Å²) >= 11 is 0. The minimum Gasteiger partial charge on any atom is -0.274 e. The zero-order valence-corrected chi connectivity index (χ0v) is 15.9. The lowest BCUT2D eigenvalue weighted by molar-refractivity contribution is -0.121. The number of nitrogens with one attached hydrogen (secondary N) is 1. The maximum Gasteiger partial charge on any atom is 0.240 e. The molecule has 3 rings (SSSR count). The third-order valence-electron chi connectivity index (χ3n) is 4.52. The van der Waals surface area contributed by atoms with Gasteiger partial charge in [-0.2, -0.15) is 0 Å². The number of anilines is 1. The number of nitrogens with zero attached hydrogens (tertiary/aromatic N) is 1. The number of hydrogen-bond donors (Lipinski definition) is 1. The fourth-order valence-corrected chi connectivity index (χ4v) is 4.34. The molecule has 142 valence electrons. The first kappa shape index (κ1) is 19.3. The Balaban J connectivity index is 1.64. The van der Waals surface area contributed by atoms with E-state index in [4.69, 9.17) is 0 Å². The highest BCUT2D eigenvalue weighted by Crippen LogP contribution is 2.24. The van der Waals surface area contributed by atoms with Gasteiger partial charge in [0.2, 0.25) is 21.8 Å². The zero-order chi connectivity index (χ0) is 19.4. The van der Waals surface area contributed by atoms with Crippen LogP contribution in [0.2, 0.25) is 0 Å². The summed E-state index contributed by atoms with van der Waals surface area (Å²) in [5.41, 5.74) is 1.56. The molecule has 1 fully saturated rings. The highest BCUT2D eigenvalue weighted by molar-refractivity contribution is 7.89. The Morgan fingerprint density at radius 3 is 2.15 bits per heavy atom. The Bertz CT molecular complexity index is 908. The summed E-state index contributed by atoms with van der Waals surface area (Å²) in [6.07, 6.45) is 1.85. The van der Waals surface area contributed by atoms with Gasteiger partial charge >= 0.3 is 0 Å². The van der Waals surface area contributed by atoms with Crippen LogP contribution in [0.25, 0.3) is 0 Å². The summed E-state index contributed by atoms with van der Waals surface area (Å²) in [4.78, 5) is 24.8.